The van der Waals surface area contributed by atoms with E-state index in [0.29, 0.717) is 4.73 Å². The molecule has 1 unspecified atom stereocenters. The maximum atomic E-state index is 13.3. The highest BCUT2D eigenvalue weighted by molar-refractivity contribution is 7.84. The number of carboxylic acids is 1. The van der Waals surface area contributed by atoms with Crippen LogP contribution in [0.2, 0.25) is 0 Å². The number of nitrogens with one attached hydrogen (secondary N) is 2. The lowest BCUT2D eigenvalue weighted by Gasteiger charge is -2.45. The van der Waals surface area contributed by atoms with Gasteiger partial charge in [0.15, 0.2) is 29.0 Å². The van der Waals surface area contributed by atoms with Crippen molar-refractivity contribution in [1.29, 1.82) is 0 Å². The molecular weight excluding hydrogens is 688 g/mol. The number of carbonyl (C=O) groups is 4. The second kappa shape index (κ2) is 11.8. The lowest BCUT2D eigenvalue weighted by atomic mass is 9.94. The lowest BCUT2D eigenvalue weighted by Crippen LogP contribution is -2.76. The highest BCUT2D eigenvalue weighted by atomic mass is 32.2. The van der Waals surface area contributed by atoms with Gasteiger partial charge in [0.05, 0.1) is 12.2 Å². The Morgan fingerprint density at radius 3 is 2.60 bits per heavy atom. The van der Waals surface area contributed by atoms with Crippen LogP contribution in [0.15, 0.2) is 38.2 Å². The molecule has 4 heterocycles. The van der Waals surface area contributed by atoms with Gasteiger partial charge < -0.3 is 45.9 Å². The summed E-state index contributed by atoms with van der Waals surface area (Å²) < 4.78 is 44.5. The molecule has 22 nitrogen and oxygen atoms in total. The summed E-state index contributed by atoms with van der Waals surface area (Å²) in [7, 11) is -5.18. The molecule has 256 valence electrons. The molecule has 1 saturated carbocycles. The first-order valence-corrected chi connectivity index (χ1v) is 15.5. The number of alkyl carbamates (subject to hydrolysis) is 1. The Morgan fingerprint density at radius 1 is 1.27 bits per heavy atom. The summed E-state index contributed by atoms with van der Waals surface area (Å²) in [4.78, 5) is 70.8. The molecule has 8 N–H and O–H groups in total. The summed E-state index contributed by atoms with van der Waals surface area (Å²) in [5, 5.41) is 41.7. The molecule has 3 amide bonds. The predicted molar refractivity (Wildman–Crippen MR) is 156 cm³/mol. The van der Waals surface area contributed by atoms with Gasteiger partial charge >= 0.3 is 22.4 Å². The van der Waals surface area contributed by atoms with Crippen LogP contribution in [0.25, 0.3) is 11.4 Å². The van der Waals surface area contributed by atoms with E-state index >= 15 is 0 Å². The van der Waals surface area contributed by atoms with Crippen LogP contribution in [-0.2, 0) is 40.9 Å². The van der Waals surface area contributed by atoms with Gasteiger partial charge in [-0.1, -0.05) is 10.3 Å². The van der Waals surface area contributed by atoms with Gasteiger partial charge in [-0.15, -0.1) is 11.3 Å². The average molecular weight is 713 g/mol. The molecule has 1 aliphatic carbocycles. The van der Waals surface area contributed by atoms with E-state index in [1.54, 1.807) is 0 Å². The number of thiazole rings is 1. The summed E-state index contributed by atoms with van der Waals surface area (Å²) in [6, 6.07) is -0.752. The number of anilines is 1. The molecule has 1 spiro atoms. The van der Waals surface area contributed by atoms with Crippen LogP contribution in [0.5, 0.6) is 5.75 Å². The van der Waals surface area contributed by atoms with E-state index in [2.05, 4.69) is 25.9 Å². The van der Waals surface area contributed by atoms with E-state index in [-0.39, 0.29) is 38.7 Å². The van der Waals surface area contributed by atoms with E-state index in [1.165, 1.54) is 11.4 Å². The van der Waals surface area contributed by atoms with Crippen molar-refractivity contribution in [3.05, 3.63) is 45.4 Å². The number of aromatic hydroxyl groups is 1. The van der Waals surface area contributed by atoms with Gasteiger partial charge in [0.2, 0.25) is 11.0 Å². The number of ether oxygens (including phenoxy) is 1. The predicted octanol–water partition coefficient (Wildman–Crippen LogP) is -1.36. The average Bonchev–Trinajstić information content (AvgIpc) is 3.29. The minimum Gasteiger partial charge on any atom is -0.503 e. The second-order valence-corrected chi connectivity index (χ2v) is 13.0. The highest BCUT2D eigenvalue weighted by Crippen LogP contribution is 2.53. The van der Waals surface area contributed by atoms with Crippen LogP contribution in [-0.4, -0.2) is 100 Å². The monoisotopic (exact) mass is 712 g/mol. The van der Waals surface area contributed by atoms with Crippen LogP contribution in [0.1, 0.15) is 31.7 Å². The first kappa shape index (κ1) is 33.6. The van der Waals surface area contributed by atoms with Gasteiger partial charge in [-0.05, 0) is 20.3 Å². The summed E-state index contributed by atoms with van der Waals surface area (Å²) in [6.45, 7) is 1.72. The number of amides is 3. The number of carboxylic acid groups (broad SMARTS) is 1. The van der Waals surface area contributed by atoms with Gasteiger partial charge in [0, 0.05) is 17.5 Å². The Kier molecular flexibility index (Phi) is 8.26. The zero-order chi connectivity index (χ0) is 35.3. The number of nitrogens with zero attached hydrogens (tertiary/aromatic N) is 5. The largest absolute Gasteiger partial charge is 0.503 e. The third-order valence-corrected chi connectivity index (χ3v) is 8.79. The third-order valence-electron chi connectivity index (χ3n) is 7.14. The number of nitrogen functional groups attached to an aromatic ring is 1. The third kappa shape index (κ3) is 6.17. The lowest BCUT2D eigenvalue weighted by molar-refractivity contribution is -0.161. The van der Waals surface area contributed by atoms with Crippen molar-refractivity contribution in [3.8, 4) is 17.1 Å². The fourth-order valence-electron chi connectivity index (χ4n) is 4.62. The van der Waals surface area contributed by atoms with Crippen molar-refractivity contribution < 1.29 is 61.7 Å². The maximum Gasteiger partial charge on any atom is 0.407 e. The van der Waals surface area contributed by atoms with Crippen molar-refractivity contribution >= 4 is 56.4 Å². The molecule has 48 heavy (non-hydrogen) atoms. The number of hydrogen-bond donors (Lipinski definition) is 7. The normalized spacial score (nSPS) is 20.6. The molecule has 5 rings (SSSR count). The van der Waals surface area contributed by atoms with Crippen LogP contribution < -0.4 is 21.8 Å². The first-order valence-electron chi connectivity index (χ1n) is 13.2. The van der Waals surface area contributed by atoms with Crippen LogP contribution >= 0.6 is 11.3 Å². The number of carbonyl (C=O) groups excluding carboxylic acids is 3. The minimum atomic E-state index is -5.18. The molecule has 1 aliphatic heterocycles. The Morgan fingerprint density at radius 2 is 1.98 bits per heavy atom. The second-order valence-electron chi connectivity index (χ2n) is 10.8. The molecule has 1 saturated heterocycles. The number of rotatable bonds is 11. The van der Waals surface area contributed by atoms with Crippen molar-refractivity contribution in [1.82, 2.24) is 29.8 Å². The number of hydrogen-bond acceptors (Lipinski definition) is 17. The molecule has 24 heteroatoms. The molecular formula is C24H24N8O14S2. The minimum absolute atomic E-state index is 0.00255. The summed E-state index contributed by atoms with van der Waals surface area (Å²) >= 11 is 0.897. The Bertz CT molecular complexity index is 2040. The number of oxime groups is 1. The number of aliphatic carboxylic acids is 1. The Labute approximate surface area is 271 Å². The molecule has 3 aromatic rings. The SMILES string of the molecule is CC(C)(O/N=C(\C(=O)N[C@@H]1C(=O)N(S(=O)(=O)O)C12C[C@H]2NC(=O)OCc1cc(-c2cc(=O)c(O)cn2O)no1)c1csc(N)n1)C(=O)O. The van der Waals surface area contributed by atoms with Crippen molar-refractivity contribution in [3.63, 3.8) is 0 Å². The summed E-state index contributed by atoms with van der Waals surface area (Å²) in [6.07, 6.45) is -0.699. The molecule has 2 fully saturated rings. The number of β-lactam (4-membered cyclic amide) rings is 1. The van der Waals surface area contributed by atoms with Gasteiger partial charge in [-0.3, -0.25) is 18.9 Å². The van der Waals surface area contributed by atoms with E-state index < -0.39 is 80.9 Å². The summed E-state index contributed by atoms with van der Waals surface area (Å²) in [5.74, 6) is -4.66. The molecule has 0 bridgehead atoms. The van der Waals surface area contributed by atoms with Gasteiger partial charge in [0.25, 0.3) is 11.8 Å². The topological polar surface area (TPSA) is 328 Å². The van der Waals surface area contributed by atoms with Crippen LogP contribution in [0.3, 0.4) is 0 Å². The van der Waals surface area contributed by atoms with Crippen molar-refractivity contribution in [2.45, 2.75) is 50.1 Å². The standard InChI is InChI=1S/C24H24N8O14S2/c1-23(2,20(37)38)46-30-16(11-8-47-21(25)26-11)18(35)28-17-19(36)32(48(41,42)43)24(17)5-15(24)27-22(39)44-7-9-3-10(29-45-9)12-4-13(33)14(34)6-31(12)40/h3-4,6,8,15,17,34,40H,5,7H2,1-2H3,(H2,25,26)(H,27,39)(H,28,35)(H,37,38)(H,41,42,43)/b30-16-/t15-,17-,24?/m1/s1. The van der Waals surface area contributed by atoms with Crippen LogP contribution in [0.4, 0.5) is 9.93 Å². The summed E-state index contributed by atoms with van der Waals surface area (Å²) in [5.41, 5.74) is 0.0382. The molecule has 3 aromatic heterocycles. The van der Waals surface area contributed by atoms with E-state index in [9.17, 15) is 52.4 Å². The van der Waals surface area contributed by atoms with E-state index in [0.717, 1.165) is 37.4 Å². The maximum absolute atomic E-state index is 13.3. The van der Waals surface area contributed by atoms with Gasteiger partial charge in [-0.2, -0.15) is 13.1 Å². The zero-order valence-electron chi connectivity index (χ0n) is 24.4. The fraction of sp³-hybridized carbons (Fsp3) is 0.333. The quantitative estimate of drug-likeness (QED) is 0.0396. The van der Waals surface area contributed by atoms with Gasteiger partial charge in [-0.25, -0.2) is 18.9 Å². The Balaban J connectivity index is 1.29. The van der Waals surface area contributed by atoms with E-state index in [1.807, 2.05) is 0 Å². The molecule has 3 atom stereocenters. The van der Waals surface area contributed by atoms with Crippen molar-refractivity contribution in [2.24, 2.45) is 5.16 Å². The number of pyridine rings is 1. The molecule has 2 aliphatic rings. The number of aromatic nitrogens is 3. The Hall–Kier alpha value is -5.75. The fourth-order valence-corrected chi connectivity index (χ4v) is 6.23. The number of nitrogens with two attached hydrogens (primary N) is 1. The first-order chi connectivity index (χ1) is 22.3. The smallest absolute Gasteiger partial charge is 0.407 e. The van der Waals surface area contributed by atoms with Crippen LogP contribution in [0, 0.1) is 0 Å². The zero-order valence-corrected chi connectivity index (χ0v) is 26.0. The van der Waals surface area contributed by atoms with Gasteiger partial charge in [0.1, 0.15) is 28.7 Å². The molecule has 0 aromatic carbocycles. The highest BCUT2D eigenvalue weighted by Gasteiger charge is 2.78. The van der Waals surface area contributed by atoms with Crippen molar-refractivity contribution in [2.75, 3.05) is 5.73 Å². The van der Waals surface area contributed by atoms with E-state index in [4.69, 9.17) is 19.8 Å². The molecule has 0 radical (unpaired) electrons.